The summed E-state index contributed by atoms with van der Waals surface area (Å²) in [4.78, 5) is 16.9. The monoisotopic (exact) mass is 378 g/mol. The normalized spacial score (nSPS) is 16.6. The number of hydrogen-bond donors (Lipinski definition) is 0. The molecule has 1 amide bonds. The van der Waals surface area contributed by atoms with Crippen molar-refractivity contribution in [1.29, 1.82) is 0 Å². The summed E-state index contributed by atoms with van der Waals surface area (Å²) in [5.74, 6) is 1.53. The summed E-state index contributed by atoms with van der Waals surface area (Å²) in [6, 6.07) is 21.0. The fraction of sp³-hybridized carbons (Fsp3) is 0.480. The Balaban J connectivity index is 1.35. The van der Waals surface area contributed by atoms with Gasteiger partial charge >= 0.3 is 0 Å². The van der Waals surface area contributed by atoms with Crippen LogP contribution in [0.3, 0.4) is 0 Å². The average Bonchev–Trinajstić information content (AvgIpc) is 2.74. The summed E-state index contributed by atoms with van der Waals surface area (Å²) in [6.45, 7) is 6.49. The summed E-state index contributed by atoms with van der Waals surface area (Å²) < 4.78 is 0. The van der Waals surface area contributed by atoms with Crippen LogP contribution in [0, 0.1) is 5.92 Å². The molecule has 0 bridgehead atoms. The first-order valence-electron chi connectivity index (χ1n) is 10.7. The van der Waals surface area contributed by atoms with E-state index < -0.39 is 0 Å². The molecular weight excluding hydrogens is 344 g/mol. The highest BCUT2D eigenvalue weighted by molar-refractivity contribution is 5.75. The van der Waals surface area contributed by atoms with Crippen molar-refractivity contribution >= 4 is 5.91 Å². The van der Waals surface area contributed by atoms with Gasteiger partial charge in [0.15, 0.2) is 0 Å². The number of piperidine rings is 1. The van der Waals surface area contributed by atoms with E-state index >= 15 is 0 Å². The Hall–Kier alpha value is -2.13. The van der Waals surface area contributed by atoms with Gasteiger partial charge in [0, 0.05) is 26.6 Å². The Bertz CT molecular complexity index is 708. The molecule has 0 aliphatic carbocycles. The Morgan fingerprint density at radius 3 is 2.29 bits per heavy atom. The highest BCUT2D eigenvalue weighted by Crippen LogP contribution is 2.25. The molecule has 1 saturated heterocycles. The van der Waals surface area contributed by atoms with Crippen LogP contribution in [0.4, 0.5) is 0 Å². The van der Waals surface area contributed by atoms with E-state index in [1.54, 1.807) is 0 Å². The van der Waals surface area contributed by atoms with Crippen LogP contribution >= 0.6 is 0 Å². The van der Waals surface area contributed by atoms with Crippen LogP contribution < -0.4 is 0 Å². The van der Waals surface area contributed by atoms with Gasteiger partial charge in [-0.2, -0.15) is 0 Å². The number of benzene rings is 2. The SMILES string of the molecule is C[C@H](CN1CCC(CCC(=O)N(C)Cc2ccccc2)CC1)c1ccccc1. The molecule has 0 spiro atoms. The number of amides is 1. The molecule has 2 aromatic carbocycles. The molecule has 0 unspecified atom stereocenters. The molecule has 150 valence electrons. The van der Waals surface area contributed by atoms with E-state index in [2.05, 4.69) is 54.3 Å². The predicted molar refractivity (Wildman–Crippen MR) is 116 cm³/mol. The minimum Gasteiger partial charge on any atom is -0.341 e. The van der Waals surface area contributed by atoms with Gasteiger partial charge in [0.25, 0.3) is 0 Å². The van der Waals surface area contributed by atoms with Gasteiger partial charge in [-0.25, -0.2) is 0 Å². The Kier molecular flexibility index (Phi) is 7.67. The fourth-order valence-corrected chi connectivity index (χ4v) is 4.20. The number of nitrogens with zero attached hydrogens (tertiary/aromatic N) is 2. The van der Waals surface area contributed by atoms with Crippen LogP contribution in [-0.2, 0) is 11.3 Å². The quantitative estimate of drug-likeness (QED) is 0.649. The third-order valence-corrected chi connectivity index (χ3v) is 6.06. The molecule has 1 fully saturated rings. The molecular formula is C25H34N2O. The Labute approximate surface area is 170 Å². The van der Waals surface area contributed by atoms with E-state index in [9.17, 15) is 4.79 Å². The first-order chi connectivity index (χ1) is 13.6. The molecule has 28 heavy (non-hydrogen) atoms. The highest BCUT2D eigenvalue weighted by Gasteiger charge is 2.22. The van der Waals surface area contributed by atoms with Gasteiger partial charge in [-0.15, -0.1) is 0 Å². The molecule has 1 aliphatic heterocycles. The lowest BCUT2D eigenvalue weighted by molar-refractivity contribution is -0.130. The van der Waals surface area contributed by atoms with Gasteiger partial charge < -0.3 is 9.80 Å². The molecule has 2 aromatic rings. The van der Waals surface area contributed by atoms with Gasteiger partial charge in [-0.3, -0.25) is 4.79 Å². The molecule has 0 radical (unpaired) electrons. The molecule has 1 aliphatic rings. The third-order valence-electron chi connectivity index (χ3n) is 6.06. The zero-order chi connectivity index (χ0) is 19.8. The van der Waals surface area contributed by atoms with E-state index in [1.807, 2.05) is 30.1 Å². The minimum absolute atomic E-state index is 0.268. The number of carbonyl (C=O) groups excluding carboxylic acids is 1. The van der Waals surface area contributed by atoms with Crippen LogP contribution in [0.2, 0.25) is 0 Å². The number of likely N-dealkylation sites (tertiary alicyclic amines) is 1. The third kappa shape index (κ3) is 6.20. The molecule has 1 atom stereocenters. The predicted octanol–water partition coefficient (Wildman–Crippen LogP) is 4.94. The van der Waals surface area contributed by atoms with Crippen molar-refractivity contribution in [1.82, 2.24) is 9.80 Å². The number of hydrogen-bond acceptors (Lipinski definition) is 2. The maximum atomic E-state index is 12.5. The van der Waals surface area contributed by atoms with Crippen molar-refractivity contribution in [3.05, 3.63) is 71.8 Å². The lowest BCUT2D eigenvalue weighted by Crippen LogP contribution is -2.36. The highest BCUT2D eigenvalue weighted by atomic mass is 16.2. The van der Waals surface area contributed by atoms with Gasteiger partial charge in [-0.1, -0.05) is 67.6 Å². The van der Waals surface area contributed by atoms with Crippen molar-refractivity contribution in [3.63, 3.8) is 0 Å². The van der Waals surface area contributed by atoms with Gasteiger partial charge in [-0.05, 0) is 55.3 Å². The van der Waals surface area contributed by atoms with Gasteiger partial charge in [0.05, 0.1) is 0 Å². The summed E-state index contributed by atoms with van der Waals surface area (Å²) in [5, 5.41) is 0. The molecule has 3 heteroatoms. The fourth-order valence-electron chi connectivity index (χ4n) is 4.20. The Morgan fingerprint density at radius 2 is 1.64 bits per heavy atom. The van der Waals surface area contributed by atoms with E-state index in [-0.39, 0.29) is 5.91 Å². The molecule has 0 aromatic heterocycles. The number of rotatable bonds is 8. The van der Waals surface area contributed by atoms with E-state index in [0.717, 1.165) is 26.1 Å². The van der Waals surface area contributed by atoms with Crippen molar-refractivity contribution in [2.75, 3.05) is 26.7 Å². The molecule has 1 heterocycles. The second-order valence-corrected chi connectivity index (χ2v) is 8.33. The van der Waals surface area contributed by atoms with Crippen molar-refractivity contribution < 1.29 is 4.79 Å². The van der Waals surface area contributed by atoms with Crippen LogP contribution in [0.1, 0.15) is 49.7 Å². The Morgan fingerprint density at radius 1 is 1.04 bits per heavy atom. The molecule has 3 rings (SSSR count). The van der Waals surface area contributed by atoms with Crippen LogP contribution in [0.5, 0.6) is 0 Å². The molecule has 0 N–H and O–H groups in total. The summed E-state index contributed by atoms with van der Waals surface area (Å²) in [5.41, 5.74) is 2.62. The first-order valence-corrected chi connectivity index (χ1v) is 10.7. The lowest BCUT2D eigenvalue weighted by Gasteiger charge is -2.33. The van der Waals surface area contributed by atoms with E-state index in [0.29, 0.717) is 24.8 Å². The van der Waals surface area contributed by atoms with Gasteiger partial charge in [0.2, 0.25) is 5.91 Å². The summed E-state index contributed by atoms with van der Waals surface area (Å²) >= 11 is 0. The number of carbonyl (C=O) groups is 1. The van der Waals surface area contributed by atoms with Crippen LogP contribution in [0.25, 0.3) is 0 Å². The smallest absolute Gasteiger partial charge is 0.222 e. The standard InChI is InChI=1S/C25H34N2O/c1-21(24-11-7-4-8-12-24)19-27-17-15-22(16-18-27)13-14-25(28)26(2)20-23-9-5-3-6-10-23/h3-12,21-22H,13-20H2,1-2H3/t21-/m1/s1. The van der Waals surface area contributed by atoms with E-state index in [4.69, 9.17) is 0 Å². The van der Waals surface area contributed by atoms with E-state index in [1.165, 1.54) is 24.0 Å². The van der Waals surface area contributed by atoms with Crippen molar-refractivity contribution in [2.45, 2.75) is 45.1 Å². The largest absolute Gasteiger partial charge is 0.341 e. The lowest BCUT2D eigenvalue weighted by atomic mass is 9.91. The summed E-state index contributed by atoms with van der Waals surface area (Å²) in [6.07, 6.45) is 4.14. The van der Waals surface area contributed by atoms with Crippen LogP contribution in [0.15, 0.2) is 60.7 Å². The first kappa shape index (κ1) is 20.6. The average molecular weight is 379 g/mol. The minimum atomic E-state index is 0.268. The zero-order valence-electron chi connectivity index (χ0n) is 17.4. The maximum Gasteiger partial charge on any atom is 0.222 e. The van der Waals surface area contributed by atoms with Crippen molar-refractivity contribution in [3.8, 4) is 0 Å². The summed E-state index contributed by atoms with van der Waals surface area (Å²) in [7, 11) is 1.92. The molecule has 3 nitrogen and oxygen atoms in total. The van der Waals surface area contributed by atoms with Crippen molar-refractivity contribution in [2.24, 2.45) is 5.92 Å². The van der Waals surface area contributed by atoms with Gasteiger partial charge in [0.1, 0.15) is 0 Å². The maximum absolute atomic E-state index is 12.5. The topological polar surface area (TPSA) is 23.6 Å². The van der Waals surface area contributed by atoms with Crippen LogP contribution in [-0.4, -0.2) is 42.4 Å². The second kappa shape index (κ2) is 10.4. The second-order valence-electron chi connectivity index (χ2n) is 8.33. The molecule has 0 saturated carbocycles. The zero-order valence-corrected chi connectivity index (χ0v) is 17.4.